The Labute approximate surface area is 160 Å². The molecule has 1 aliphatic rings. The van der Waals surface area contributed by atoms with Crippen LogP contribution in [0.3, 0.4) is 0 Å². The Balaban J connectivity index is 1.70. The molecular formula is C17H19BrN2O3S2. The predicted octanol–water partition coefficient (Wildman–Crippen LogP) is 3.27. The maximum Gasteiger partial charge on any atom is 0.255 e. The average Bonchev–Trinajstić information content (AvgIpc) is 2.93. The summed E-state index contributed by atoms with van der Waals surface area (Å²) in [4.78, 5) is 16.8. The van der Waals surface area contributed by atoms with Gasteiger partial charge >= 0.3 is 0 Å². The molecule has 2 heterocycles. The van der Waals surface area contributed by atoms with Crippen molar-refractivity contribution in [1.82, 2.24) is 9.21 Å². The summed E-state index contributed by atoms with van der Waals surface area (Å²) in [6.07, 6.45) is 0. The molecule has 1 aliphatic heterocycles. The number of carbonyl (C=O) groups excluding carboxylic acids is 1. The van der Waals surface area contributed by atoms with E-state index < -0.39 is 10.0 Å². The summed E-state index contributed by atoms with van der Waals surface area (Å²) >= 11 is 4.92. The molecule has 1 amide bonds. The SMILES string of the molecule is Cc1cc(C(=O)N2CCN(S(=O)(=O)c3ccc(Br)cc3)CC2)c(C)s1. The van der Waals surface area contributed by atoms with Crippen molar-refractivity contribution in [1.29, 1.82) is 0 Å². The Morgan fingerprint density at radius 1 is 1.08 bits per heavy atom. The Kier molecular flexibility index (Phi) is 5.34. The molecule has 0 bridgehead atoms. The van der Waals surface area contributed by atoms with E-state index in [1.54, 1.807) is 40.5 Å². The first-order valence-corrected chi connectivity index (χ1v) is 11.0. The number of piperazine rings is 1. The number of benzene rings is 1. The first kappa shape index (κ1) is 18.6. The Bertz CT molecular complexity index is 883. The minimum Gasteiger partial charge on any atom is -0.336 e. The molecular weight excluding hydrogens is 424 g/mol. The molecule has 134 valence electrons. The van der Waals surface area contributed by atoms with E-state index in [4.69, 9.17) is 0 Å². The fourth-order valence-electron chi connectivity index (χ4n) is 2.90. The highest BCUT2D eigenvalue weighted by atomic mass is 79.9. The molecule has 1 saturated heterocycles. The van der Waals surface area contributed by atoms with Crippen molar-refractivity contribution < 1.29 is 13.2 Å². The second-order valence-electron chi connectivity index (χ2n) is 5.98. The lowest BCUT2D eigenvalue weighted by Gasteiger charge is -2.34. The standard InChI is InChI=1S/C17H19BrN2O3S2/c1-12-11-16(13(2)24-12)17(21)19-7-9-20(10-8-19)25(22,23)15-5-3-14(18)4-6-15/h3-6,11H,7-10H2,1-2H3. The van der Waals surface area contributed by atoms with Crippen LogP contribution in [0.25, 0.3) is 0 Å². The van der Waals surface area contributed by atoms with Gasteiger partial charge < -0.3 is 4.90 Å². The van der Waals surface area contributed by atoms with Crippen molar-refractivity contribution in [3.05, 3.63) is 50.1 Å². The van der Waals surface area contributed by atoms with Gasteiger partial charge in [-0.25, -0.2) is 8.42 Å². The first-order valence-electron chi connectivity index (χ1n) is 7.91. The molecule has 1 aromatic heterocycles. The maximum absolute atomic E-state index is 12.7. The molecule has 0 radical (unpaired) electrons. The zero-order chi connectivity index (χ0) is 18.2. The summed E-state index contributed by atoms with van der Waals surface area (Å²) in [5.41, 5.74) is 0.728. The van der Waals surface area contributed by atoms with Crippen LogP contribution in [0, 0.1) is 13.8 Å². The summed E-state index contributed by atoms with van der Waals surface area (Å²) in [5, 5.41) is 0. The van der Waals surface area contributed by atoms with E-state index >= 15 is 0 Å². The number of hydrogen-bond donors (Lipinski definition) is 0. The van der Waals surface area contributed by atoms with Crippen LogP contribution in [-0.2, 0) is 10.0 Å². The number of aryl methyl sites for hydroxylation is 2. The molecule has 0 aliphatic carbocycles. The van der Waals surface area contributed by atoms with Crippen LogP contribution >= 0.6 is 27.3 Å². The van der Waals surface area contributed by atoms with Gasteiger partial charge in [-0.3, -0.25) is 4.79 Å². The van der Waals surface area contributed by atoms with Crippen LogP contribution < -0.4 is 0 Å². The number of nitrogens with zero attached hydrogens (tertiary/aromatic N) is 2. The molecule has 5 nitrogen and oxygen atoms in total. The lowest BCUT2D eigenvalue weighted by molar-refractivity contribution is 0.0697. The fraction of sp³-hybridized carbons (Fsp3) is 0.353. The fourth-order valence-corrected chi connectivity index (χ4v) is 5.50. The molecule has 2 aromatic rings. The van der Waals surface area contributed by atoms with E-state index in [0.29, 0.717) is 26.2 Å². The van der Waals surface area contributed by atoms with Crippen LogP contribution in [0.2, 0.25) is 0 Å². The highest BCUT2D eigenvalue weighted by Gasteiger charge is 2.31. The molecule has 8 heteroatoms. The minimum absolute atomic E-state index is 0.0115. The second-order valence-corrected chi connectivity index (χ2v) is 10.3. The van der Waals surface area contributed by atoms with Gasteiger partial charge in [-0.15, -0.1) is 11.3 Å². The monoisotopic (exact) mass is 442 g/mol. The summed E-state index contributed by atoms with van der Waals surface area (Å²) in [5.74, 6) is -0.0115. The van der Waals surface area contributed by atoms with E-state index in [1.807, 2.05) is 19.9 Å². The van der Waals surface area contributed by atoms with Gasteiger partial charge in [0.2, 0.25) is 10.0 Å². The highest BCUT2D eigenvalue weighted by Crippen LogP contribution is 2.24. The average molecular weight is 443 g/mol. The first-order chi connectivity index (χ1) is 11.8. The number of carbonyl (C=O) groups is 1. The van der Waals surface area contributed by atoms with Crippen LogP contribution in [0.1, 0.15) is 20.1 Å². The van der Waals surface area contributed by atoms with Crippen molar-refractivity contribution in [2.24, 2.45) is 0 Å². The van der Waals surface area contributed by atoms with Crippen LogP contribution in [-0.4, -0.2) is 49.7 Å². The molecule has 0 unspecified atom stereocenters. The molecule has 1 aromatic carbocycles. The number of sulfonamides is 1. The van der Waals surface area contributed by atoms with Gasteiger partial charge in [0.1, 0.15) is 0 Å². The quantitative estimate of drug-likeness (QED) is 0.732. The zero-order valence-corrected chi connectivity index (χ0v) is 17.2. The summed E-state index contributed by atoms with van der Waals surface area (Å²) in [6.45, 7) is 5.36. The van der Waals surface area contributed by atoms with Gasteiger partial charge in [-0.1, -0.05) is 15.9 Å². The number of thiophene rings is 1. The van der Waals surface area contributed by atoms with Crippen molar-refractivity contribution >= 4 is 43.2 Å². The van der Waals surface area contributed by atoms with E-state index in [-0.39, 0.29) is 10.8 Å². The largest absolute Gasteiger partial charge is 0.336 e. The summed E-state index contributed by atoms with van der Waals surface area (Å²) in [7, 11) is -3.52. The Morgan fingerprint density at radius 3 is 2.20 bits per heavy atom. The molecule has 25 heavy (non-hydrogen) atoms. The van der Waals surface area contributed by atoms with Gasteiger partial charge in [0.25, 0.3) is 5.91 Å². The van der Waals surface area contributed by atoms with Crippen molar-refractivity contribution in [2.75, 3.05) is 26.2 Å². The molecule has 0 saturated carbocycles. The van der Waals surface area contributed by atoms with Crippen LogP contribution in [0.5, 0.6) is 0 Å². The predicted molar refractivity (Wildman–Crippen MR) is 103 cm³/mol. The van der Waals surface area contributed by atoms with Crippen molar-refractivity contribution in [2.45, 2.75) is 18.7 Å². The minimum atomic E-state index is -3.52. The molecule has 0 atom stereocenters. The van der Waals surface area contributed by atoms with E-state index in [0.717, 1.165) is 19.8 Å². The Morgan fingerprint density at radius 2 is 1.68 bits per heavy atom. The maximum atomic E-state index is 12.7. The third-order valence-electron chi connectivity index (χ3n) is 4.25. The van der Waals surface area contributed by atoms with Gasteiger partial charge in [-0.05, 0) is 44.2 Å². The number of amides is 1. The summed E-state index contributed by atoms with van der Waals surface area (Å²) in [6, 6.07) is 8.53. The van der Waals surface area contributed by atoms with Gasteiger partial charge in [0, 0.05) is 40.4 Å². The highest BCUT2D eigenvalue weighted by molar-refractivity contribution is 9.10. The zero-order valence-electron chi connectivity index (χ0n) is 14.0. The number of hydrogen-bond acceptors (Lipinski definition) is 4. The number of halogens is 1. The molecule has 0 spiro atoms. The topological polar surface area (TPSA) is 57.7 Å². The lowest BCUT2D eigenvalue weighted by atomic mass is 10.2. The Hall–Kier alpha value is -1.22. The van der Waals surface area contributed by atoms with Crippen LogP contribution in [0.4, 0.5) is 0 Å². The van der Waals surface area contributed by atoms with E-state index in [9.17, 15) is 13.2 Å². The lowest BCUT2D eigenvalue weighted by Crippen LogP contribution is -2.50. The van der Waals surface area contributed by atoms with Gasteiger partial charge in [0.05, 0.1) is 10.5 Å². The third kappa shape index (κ3) is 3.81. The molecule has 3 rings (SSSR count). The van der Waals surface area contributed by atoms with Crippen molar-refractivity contribution in [3.8, 4) is 0 Å². The third-order valence-corrected chi connectivity index (χ3v) is 7.66. The molecule has 1 fully saturated rings. The van der Waals surface area contributed by atoms with Crippen molar-refractivity contribution in [3.63, 3.8) is 0 Å². The molecule has 0 N–H and O–H groups in total. The van der Waals surface area contributed by atoms with Gasteiger partial charge in [0.15, 0.2) is 0 Å². The van der Waals surface area contributed by atoms with Crippen LogP contribution in [0.15, 0.2) is 39.7 Å². The number of rotatable bonds is 3. The second kappa shape index (κ2) is 7.19. The smallest absolute Gasteiger partial charge is 0.255 e. The van der Waals surface area contributed by atoms with E-state index in [2.05, 4.69) is 15.9 Å². The van der Waals surface area contributed by atoms with E-state index in [1.165, 1.54) is 4.31 Å². The summed E-state index contributed by atoms with van der Waals surface area (Å²) < 4.78 is 27.7. The normalized spacial score (nSPS) is 16.2. The van der Waals surface area contributed by atoms with Gasteiger partial charge in [-0.2, -0.15) is 4.31 Å².